The molecule has 0 aromatic heterocycles. The van der Waals surface area contributed by atoms with Crippen molar-refractivity contribution in [3.8, 4) is 0 Å². The van der Waals surface area contributed by atoms with Crippen molar-refractivity contribution in [3.63, 3.8) is 0 Å². The first kappa shape index (κ1) is 11.5. The molecule has 0 heterocycles. The molecule has 0 aliphatic heterocycles. The van der Waals surface area contributed by atoms with Gasteiger partial charge in [-0.3, -0.25) is 5.32 Å². The molecule has 2 N–H and O–H groups in total. The fourth-order valence-corrected chi connectivity index (χ4v) is 1.00. The molecule has 0 saturated carbocycles. The van der Waals surface area contributed by atoms with Crippen LogP contribution >= 0.6 is 0 Å². The maximum absolute atomic E-state index is 11.1. The summed E-state index contributed by atoms with van der Waals surface area (Å²) in [7, 11) is 0. The first-order valence-electron chi connectivity index (χ1n) is 4.87. The van der Waals surface area contributed by atoms with Crippen LogP contribution in [0.3, 0.4) is 0 Å². The Kier molecular flexibility index (Phi) is 4.63. The predicted molar refractivity (Wildman–Crippen MR) is 56.1 cm³/mol. The fourth-order valence-electron chi connectivity index (χ4n) is 1.00. The van der Waals surface area contributed by atoms with Crippen LogP contribution in [0.15, 0.2) is 30.3 Å². The summed E-state index contributed by atoms with van der Waals surface area (Å²) in [4.78, 5) is 11.1. The maximum atomic E-state index is 11.1. The summed E-state index contributed by atoms with van der Waals surface area (Å²) >= 11 is 0. The standard InChI is InChI=1S/C11H15NO3/c1-2-10(13)12-11(14)15-8-9-6-4-3-5-7-9/h3-7,10,13H,2,8H2,1H3,(H,12,14)/t10-/m0/s1. The summed E-state index contributed by atoms with van der Waals surface area (Å²) in [6, 6.07) is 9.37. The SMILES string of the molecule is CC[C@H](O)NC(=O)OCc1ccccc1. The number of alkyl carbamates (subject to hydrolysis) is 1. The molecule has 0 aliphatic carbocycles. The molecule has 0 aliphatic rings. The molecule has 4 heteroatoms. The van der Waals surface area contributed by atoms with Crippen LogP contribution in [0.2, 0.25) is 0 Å². The lowest BCUT2D eigenvalue weighted by Gasteiger charge is -2.10. The van der Waals surface area contributed by atoms with Gasteiger partial charge in [-0.25, -0.2) is 4.79 Å². The first-order chi connectivity index (χ1) is 7.22. The summed E-state index contributed by atoms with van der Waals surface area (Å²) in [6.45, 7) is 1.98. The third-order valence-electron chi connectivity index (χ3n) is 1.88. The summed E-state index contributed by atoms with van der Waals surface area (Å²) < 4.78 is 4.89. The number of hydrogen-bond acceptors (Lipinski definition) is 3. The van der Waals surface area contributed by atoms with Crippen LogP contribution in [-0.2, 0) is 11.3 Å². The molecule has 0 fully saturated rings. The highest BCUT2D eigenvalue weighted by Crippen LogP contribution is 2.00. The zero-order valence-corrected chi connectivity index (χ0v) is 8.64. The number of carbonyl (C=O) groups is 1. The molecule has 1 atom stereocenters. The van der Waals surface area contributed by atoms with E-state index in [4.69, 9.17) is 9.84 Å². The number of aliphatic hydroxyl groups is 1. The first-order valence-corrected chi connectivity index (χ1v) is 4.87. The molecular weight excluding hydrogens is 194 g/mol. The molecule has 0 spiro atoms. The number of benzene rings is 1. The Morgan fingerprint density at radius 1 is 1.47 bits per heavy atom. The molecule has 1 aromatic rings. The minimum absolute atomic E-state index is 0.211. The summed E-state index contributed by atoms with van der Waals surface area (Å²) in [5.74, 6) is 0. The number of nitrogens with one attached hydrogen (secondary N) is 1. The summed E-state index contributed by atoms with van der Waals surface area (Å²) in [6.07, 6.45) is -0.984. The van der Waals surface area contributed by atoms with E-state index in [1.54, 1.807) is 6.92 Å². The molecular formula is C11H15NO3. The molecule has 1 amide bonds. The van der Waals surface area contributed by atoms with Gasteiger partial charge in [0.25, 0.3) is 0 Å². The minimum Gasteiger partial charge on any atom is -0.445 e. The van der Waals surface area contributed by atoms with E-state index in [9.17, 15) is 4.79 Å². The lowest BCUT2D eigenvalue weighted by Crippen LogP contribution is -2.34. The molecule has 0 unspecified atom stereocenters. The van der Waals surface area contributed by atoms with Crippen molar-refractivity contribution in [2.45, 2.75) is 26.2 Å². The van der Waals surface area contributed by atoms with Crippen LogP contribution in [0.4, 0.5) is 4.79 Å². The van der Waals surface area contributed by atoms with E-state index in [0.717, 1.165) is 5.56 Å². The van der Waals surface area contributed by atoms with Crippen LogP contribution in [0, 0.1) is 0 Å². The zero-order valence-electron chi connectivity index (χ0n) is 8.64. The second kappa shape index (κ2) is 6.03. The molecule has 0 saturated heterocycles. The van der Waals surface area contributed by atoms with Crippen LogP contribution < -0.4 is 5.32 Å². The second-order valence-corrected chi connectivity index (χ2v) is 3.13. The minimum atomic E-state index is -0.840. The largest absolute Gasteiger partial charge is 0.445 e. The van der Waals surface area contributed by atoms with Gasteiger partial charge in [-0.1, -0.05) is 37.3 Å². The van der Waals surface area contributed by atoms with Gasteiger partial charge < -0.3 is 9.84 Å². The van der Waals surface area contributed by atoms with Crippen LogP contribution in [0.1, 0.15) is 18.9 Å². The number of carbonyl (C=O) groups excluding carboxylic acids is 1. The highest BCUT2D eigenvalue weighted by molar-refractivity contribution is 5.67. The maximum Gasteiger partial charge on any atom is 0.409 e. The van der Waals surface area contributed by atoms with Crippen LogP contribution in [0.5, 0.6) is 0 Å². The molecule has 0 radical (unpaired) electrons. The average Bonchev–Trinajstić information content (AvgIpc) is 2.27. The number of amides is 1. The van der Waals surface area contributed by atoms with Gasteiger partial charge in [0, 0.05) is 0 Å². The van der Waals surface area contributed by atoms with Gasteiger partial charge in [-0.2, -0.15) is 0 Å². The molecule has 15 heavy (non-hydrogen) atoms. The van der Waals surface area contributed by atoms with Crippen molar-refractivity contribution >= 4 is 6.09 Å². The zero-order chi connectivity index (χ0) is 11.1. The van der Waals surface area contributed by atoms with Gasteiger partial charge in [0.05, 0.1) is 0 Å². The van der Waals surface area contributed by atoms with E-state index >= 15 is 0 Å². The molecule has 0 bridgehead atoms. The van der Waals surface area contributed by atoms with Crippen molar-refractivity contribution in [3.05, 3.63) is 35.9 Å². The van der Waals surface area contributed by atoms with Crippen LogP contribution in [-0.4, -0.2) is 17.4 Å². The Morgan fingerprint density at radius 2 is 2.13 bits per heavy atom. The average molecular weight is 209 g/mol. The lowest BCUT2D eigenvalue weighted by molar-refractivity contribution is 0.0929. The fraction of sp³-hybridized carbons (Fsp3) is 0.364. The van der Waals surface area contributed by atoms with E-state index in [1.807, 2.05) is 30.3 Å². The number of aliphatic hydroxyl groups excluding tert-OH is 1. The highest BCUT2D eigenvalue weighted by Gasteiger charge is 2.06. The third-order valence-corrected chi connectivity index (χ3v) is 1.88. The van der Waals surface area contributed by atoms with E-state index in [0.29, 0.717) is 6.42 Å². The second-order valence-electron chi connectivity index (χ2n) is 3.13. The van der Waals surface area contributed by atoms with Gasteiger partial charge in [0.2, 0.25) is 0 Å². The molecule has 1 aromatic carbocycles. The number of hydrogen-bond donors (Lipinski definition) is 2. The Hall–Kier alpha value is -1.55. The van der Waals surface area contributed by atoms with Crippen molar-refractivity contribution in [1.82, 2.24) is 5.32 Å². The van der Waals surface area contributed by atoms with Gasteiger partial charge in [0.15, 0.2) is 0 Å². The van der Waals surface area contributed by atoms with Crippen LogP contribution in [0.25, 0.3) is 0 Å². The quantitative estimate of drug-likeness (QED) is 0.741. The van der Waals surface area contributed by atoms with Crippen molar-refractivity contribution < 1.29 is 14.6 Å². The normalized spacial score (nSPS) is 11.9. The van der Waals surface area contributed by atoms with Crippen molar-refractivity contribution in [2.75, 3.05) is 0 Å². The molecule has 1 rings (SSSR count). The van der Waals surface area contributed by atoms with Gasteiger partial charge >= 0.3 is 6.09 Å². The Balaban J connectivity index is 2.29. The smallest absolute Gasteiger partial charge is 0.409 e. The predicted octanol–water partition coefficient (Wildman–Crippen LogP) is 1.64. The lowest BCUT2D eigenvalue weighted by atomic mass is 10.2. The Labute approximate surface area is 88.9 Å². The third kappa shape index (κ3) is 4.46. The monoisotopic (exact) mass is 209 g/mol. The van der Waals surface area contributed by atoms with Crippen molar-refractivity contribution in [2.24, 2.45) is 0 Å². The summed E-state index contributed by atoms with van der Waals surface area (Å²) in [5, 5.41) is 11.4. The Bertz CT molecular complexity index is 300. The van der Waals surface area contributed by atoms with E-state index in [1.165, 1.54) is 0 Å². The van der Waals surface area contributed by atoms with Gasteiger partial charge in [0.1, 0.15) is 12.8 Å². The Morgan fingerprint density at radius 3 is 2.73 bits per heavy atom. The van der Waals surface area contributed by atoms with Gasteiger partial charge in [-0.05, 0) is 12.0 Å². The van der Waals surface area contributed by atoms with E-state index < -0.39 is 12.3 Å². The number of ether oxygens (including phenoxy) is 1. The summed E-state index contributed by atoms with van der Waals surface area (Å²) in [5.41, 5.74) is 0.915. The van der Waals surface area contributed by atoms with Crippen molar-refractivity contribution in [1.29, 1.82) is 0 Å². The number of rotatable bonds is 4. The van der Waals surface area contributed by atoms with Gasteiger partial charge in [-0.15, -0.1) is 0 Å². The topological polar surface area (TPSA) is 58.6 Å². The highest BCUT2D eigenvalue weighted by atomic mass is 16.6. The molecule has 4 nitrogen and oxygen atoms in total. The molecule has 82 valence electrons. The van der Waals surface area contributed by atoms with E-state index in [-0.39, 0.29) is 6.61 Å². The van der Waals surface area contributed by atoms with E-state index in [2.05, 4.69) is 5.32 Å².